The van der Waals surface area contributed by atoms with Gasteiger partial charge in [-0.05, 0) is 50.8 Å². The SMILES string of the molecule is C/C=C(\C)C(=O)O[C@H]1c2cc3c(c(OC)c2-c2c(cc(OC)c(OC)c2OC)C[C@H](C)[C@]1(C)O)OCO3. The highest BCUT2D eigenvalue weighted by molar-refractivity contribution is 5.91. The number of methoxy groups -OCH3 is 4. The molecule has 200 valence electrons. The minimum atomic E-state index is -1.48. The monoisotopic (exact) mass is 514 g/mol. The summed E-state index contributed by atoms with van der Waals surface area (Å²) in [4.78, 5) is 13.0. The Morgan fingerprint density at radius 3 is 2.30 bits per heavy atom. The first-order valence-electron chi connectivity index (χ1n) is 12.0. The molecule has 0 fully saturated rings. The van der Waals surface area contributed by atoms with E-state index in [0.29, 0.717) is 63.2 Å². The second kappa shape index (κ2) is 10.0. The first-order chi connectivity index (χ1) is 17.6. The van der Waals surface area contributed by atoms with Crippen LogP contribution in [0.1, 0.15) is 44.9 Å². The largest absolute Gasteiger partial charge is 0.493 e. The molecule has 0 spiro atoms. The molecular weight excluding hydrogens is 480 g/mol. The Kier molecular flexibility index (Phi) is 7.19. The lowest BCUT2D eigenvalue weighted by molar-refractivity contribution is -0.166. The molecule has 0 radical (unpaired) electrons. The van der Waals surface area contributed by atoms with Crippen LogP contribution in [0.4, 0.5) is 0 Å². The van der Waals surface area contributed by atoms with E-state index >= 15 is 0 Å². The van der Waals surface area contributed by atoms with E-state index in [1.807, 2.05) is 13.0 Å². The molecule has 37 heavy (non-hydrogen) atoms. The fraction of sp³-hybridized carbons (Fsp3) is 0.464. The van der Waals surface area contributed by atoms with E-state index in [2.05, 4.69) is 0 Å². The van der Waals surface area contributed by atoms with Gasteiger partial charge in [-0.15, -0.1) is 0 Å². The predicted molar refractivity (Wildman–Crippen MR) is 136 cm³/mol. The molecule has 0 saturated carbocycles. The zero-order valence-corrected chi connectivity index (χ0v) is 22.5. The Morgan fingerprint density at radius 1 is 1.03 bits per heavy atom. The first-order valence-corrected chi connectivity index (χ1v) is 12.0. The minimum Gasteiger partial charge on any atom is -0.493 e. The fourth-order valence-corrected chi connectivity index (χ4v) is 4.94. The number of ether oxygens (including phenoxy) is 7. The van der Waals surface area contributed by atoms with Crippen LogP contribution in [0.5, 0.6) is 34.5 Å². The maximum absolute atomic E-state index is 13.0. The number of aliphatic hydroxyl groups is 1. The highest BCUT2D eigenvalue weighted by Gasteiger charge is 2.47. The minimum absolute atomic E-state index is 0.000553. The van der Waals surface area contributed by atoms with Gasteiger partial charge in [0, 0.05) is 22.3 Å². The second-order valence-electron chi connectivity index (χ2n) is 9.38. The Hall–Kier alpha value is -3.59. The number of esters is 1. The van der Waals surface area contributed by atoms with Crippen molar-refractivity contribution >= 4 is 5.97 Å². The Balaban J connectivity index is 2.16. The van der Waals surface area contributed by atoms with E-state index in [-0.39, 0.29) is 12.7 Å². The third kappa shape index (κ3) is 4.21. The van der Waals surface area contributed by atoms with E-state index in [4.69, 9.17) is 33.2 Å². The molecule has 2 aromatic rings. The molecule has 0 aromatic heterocycles. The van der Waals surface area contributed by atoms with Crippen molar-refractivity contribution in [2.75, 3.05) is 35.2 Å². The Bertz CT molecular complexity index is 1250. The summed E-state index contributed by atoms with van der Waals surface area (Å²) in [5.74, 6) is 1.59. The summed E-state index contributed by atoms with van der Waals surface area (Å²) in [5.41, 5.74) is 1.47. The van der Waals surface area contributed by atoms with Crippen LogP contribution in [0.3, 0.4) is 0 Å². The molecule has 2 aliphatic rings. The molecule has 0 amide bonds. The molecule has 3 atom stereocenters. The Labute approximate surface area is 216 Å². The summed E-state index contributed by atoms with van der Waals surface area (Å²) in [6.07, 6.45) is 1.00. The summed E-state index contributed by atoms with van der Waals surface area (Å²) in [5, 5.41) is 12.0. The third-order valence-corrected chi connectivity index (χ3v) is 7.33. The average molecular weight is 515 g/mol. The smallest absolute Gasteiger partial charge is 0.334 e. The van der Waals surface area contributed by atoms with Crippen LogP contribution in [-0.2, 0) is 16.0 Å². The van der Waals surface area contributed by atoms with E-state index in [0.717, 1.165) is 5.56 Å². The molecule has 1 heterocycles. The fourth-order valence-electron chi connectivity index (χ4n) is 4.94. The van der Waals surface area contributed by atoms with Crippen LogP contribution in [0.15, 0.2) is 23.8 Å². The van der Waals surface area contributed by atoms with Gasteiger partial charge in [0.2, 0.25) is 18.3 Å². The van der Waals surface area contributed by atoms with Crippen LogP contribution in [0.25, 0.3) is 11.1 Å². The van der Waals surface area contributed by atoms with Crippen LogP contribution in [0, 0.1) is 5.92 Å². The van der Waals surface area contributed by atoms with E-state index in [9.17, 15) is 9.90 Å². The number of hydrogen-bond donors (Lipinski definition) is 1. The van der Waals surface area contributed by atoms with Gasteiger partial charge in [0.1, 0.15) is 5.60 Å². The maximum atomic E-state index is 13.0. The van der Waals surface area contributed by atoms with Gasteiger partial charge in [0.15, 0.2) is 29.1 Å². The molecule has 1 aliphatic heterocycles. The summed E-state index contributed by atoms with van der Waals surface area (Å²) in [7, 11) is 6.15. The van der Waals surface area contributed by atoms with Crippen LogP contribution >= 0.6 is 0 Å². The van der Waals surface area contributed by atoms with Gasteiger partial charge in [0.25, 0.3) is 0 Å². The summed E-state index contributed by atoms with van der Waals surface area (Å²) >= 11 is 0. The molecule has 9 heteroatoms. The highest BCUT2D eigenvalue weighted by Crippen LogP contribution is 2.59. The molecule has 4 rings (SSSR count). The molecule has 1 aliphatic carbocycles. The topological polar surface area (TPSA) is 102 Å². The van der Waals surface area contributed by atoms with Crippen molar-refractivity contribution < 1.29 is 43.1 Å². The summed E-state index contributed by atoms with van der Waals surface area (Å²) < 4.78 is 40.6. The number of rotatable bonds is 6. The molecule has 0 unspecified atom stereocenters. The van der Waals surface area contributed by atoms with Crippen LogP contribution in [-0.4, -0.2) is 51.9 Å². The van der Waals surface area contributed by atoms with Crippen molar-refractivity contribution in [3.8, 4) is 45.6 Å². The van der Waals surface area contributed by atoms with Gasteiger partial charge in [-0.3, -0.25) is 0 Å². The standard InChI is InChI=1S/C28H34O9/c1-9-14(2)27(29)37-26-17-12-19-23(36-13-35-19)25(34-8)21(17)20-16(10-15(3)28(26,4)30)11-18(31-5)22(32-6)24(20)33-7/h9,11-12,15,26,30H,10,13H2,1-8H3/b14-9+/t15-,26-,28-/m0/s1. The van der Waals surface area contributed by atoms with Crippen molar-refractivity contribution in [2.45, 2.75) is 45.8 Å². The summed E-state index contributed by atoms with van der Waals surface area (Å²) in [6, 6.07) is 3.60. The van der Waals surface area contributed by atoms with Gasteiger partial charge in [-0.2, -0.15) is 0 Å². The molecule has 0 saturated heterocycles. The van der Waals surface area contributed by atoms with Gasteiger partial charge < -0.3 is 38.3 Å². The third-order valence-electron chi connectivity index (χ3n) is 7.33. The van der Waals surface area contributed by atoms with Crippen molar-refractivity contribution in [3.05, 3.63) is 34.9 Å². The number of fused-ring (bicyclic) bond motifs is 4. The normalized spacial score (nSPS) is 22.2. The van der Waals surface area contributed by atoms with Gasteiger partial charge in [-0.25, -0.2) is 4.79 Å². The maximum Gasteiger partial charge on any atom is 0.334 e. The molecular formula is C28H34O9. The quantitative estimate of drug-likeness (QED) is 0.437. The van der Waals surface area contributed by atoms with Crippen molar-refractivity contribution in [1.29, 1.82) is 0 Å². The van der Waals surface area contributed by atoms with Gasteiger partial charge in [-0.1, -0.05) is 13.0 Å². The first kappa shape index (κ1) is 26.5. The zero-order chi connectivity index (χ0) is 27.1. The van der Waals surface area contributed by atoms with Gasteiger partial charge >= 0.3 is 5.97 Å². The predicted octanol–water partition coefficient (Wildman–Crippen LogP) is 4.61. The lowest BCUT2D eigenvalue weighted by Crippen LogP contribution is -2.44. The highest BCUT2D eigenvalue weighted by atomic mass is 16.7. The van der Waals surface area contributed by atoms with Crippen molar-refractivity contribution in [3.63, 3.8) is 0 Å². The number of benzene rings is 2. The zero-order valence-electron chi connectivity index (χ0n) is 22.5. The van der Waals surface area contributed by atoms with E-state index in [1.54, 1.807) is 47.1 Å². The number of carbonyl (C=O) groups excluding carboxylic acids is 1. The Morgan fingerprint density at radius 2 is 1.70 bits per heavy atom. The summed E-state index contributed by atoms with van der Waals surface area (Å²) in [6.45, 7) is 7.00. The second-order valence-corrected chi connectivity index (χ2v) is 9.38. The van der Waals surface area contributed by atoms with E-state index in [1.165, 1.54) is 14.2 Å². The van der Waals surface area contributed by atoms with Gasteiger partial charge in [0.05, 0.1) is 28.4 Å². The molecule has 1 N–H and O–H groups in total. The molecule has 2 aromatic carbocycles. The molecule has 9 nitrogen and oxygen atoms in total. The lowest BCUT2D eigenvalue weighted by atomic mass is 9.73. The number of allylic oxidation sites excluding steroid dienone is 1. The number of hydrogen-bond acceptors (Lipinski definition) is 9. The number of carbonyl (C=O) groups is 1. The van der Waals surface area contributed by atoms with Crippen LogP contribution in [0.2, 0.25) is 0 Å². The van der Waals surface area contributed by atoms with Crippen molar-refractivity contribution in [2.24, 2.45) is 5.92 Å². The van der Waals surface area contributed by atoms with Crippen LogP contribution < -0.4 is 28.4 Å². The lowest BCUT2D eigenvalue weighted by Gasteiger charge is -2.41. The average Bonchev–Trinajstić information content (AvgIpc) is 3.36. The molecule has 0 bridgehead atoms. The van der Waals surface area contributed by atoms with Crippen molar-refractivity contribution in [1.82, 2.24) is 0 Å². The van der Waals surface area contributed by atoms with E-state index < -0.39 is 17.7 Å².